The molecule has 0 spiro atoms. The largest absolute Gasteiger partial charge is 0.387 e. The number of benzene rings is 1. The van der Waals surface area contributed by atoms with Crippen LogP contribution in [0.25, 0.3) is 0 Å². The molecular formula is C15H24O2. The summed E-state index contributed by atoms with van der Waals surface area (Å²) in [5.74, 6) is 0.549. The van der Waals surface area contributed by atoms with Crippen LogP contribution < -0.4 is 0 Å². The van der Waals surface area contributed by atoms with Gasteiger partial charge >= 0.3 is 0 Å². The SMILES string of the molecule is CCOCC(C)(O)Cc1ccc(C(C)C)cc1. The summed E-state index contributed by atoms with van der Waals surface area (Å²) in [6, 6.07) is 8.46. The molecule has 0 bridgehead atoms. The van der Waals surface area contributed by atoms with Crippen molar-refractivity contribution in [3.05, 3.63) is 35.4 Å². The highest BCUT2D eigenvalue weighted by molar-refractivity contribution is 5.25. The Morgan fingerprint density at radius 3 is 2.29 bits per heavy atom. The average molecular weight is 236 g/mol. The second kappa shape index (κ2) is 6.18. The van der Waals surface area contributed by atoms with E-state index in [-0.39, 0.29) is 0 Å². The molecule has 1 aromatic rings. The summed E-state index contributed by atoms with van der Waals surface area (Å²) in [4.78, 5) is 0. The molecule has 0 saturated heterocycles. The molecule has 2 heteroatoms. The van der Waals surface area contributed by atoms with Crippen molar-refractivity contribution in [2.24, 2.45) is 0 Å². The lowest BCUT2D eigenvalue weighted by Crippen LogP contribution is -2.33. The normalized spacial score (nSPS) is 14.9. The first-order chi connectivity index (χ1) is 7.94. The third kappa shape index (κ3) is 4.88. The first kappa shape index (κ1) is 14.2. The van der Waals surface area contributed by atoms with Gasteiger partial charge in [-0.25, -0.2) is 0 Å². The van der Waals surface area contributed by atoms with Gasteiger partial charge in [0, 0.05) is 13.0 Å². The van der Waals surface area contributed by atoms with Gasteiger partial charge in [-0.3, -0.25) is 0 Å². The quantitative estimate of drug-likeness (QED) is 0.822. The third-order valence-electron chi connectivity index (χ3n) is 2.85. The molecule has 0 aliphatic rings. The molecule has 0 amide bonds. The van der Waals surface area contributed by atoms with Crippen molar-refractivity contribution in [2.75, 3.05) is 13.2 Å². The minimum Gasteiger partial charge on any atom is -0.387 e. The molecule has 0 saturated carbocycles. The van der Waals surface area contributed by atoms with Crippen LogP contribution in [0.5, 0.6) is 0 Å². The fourth-order valence-corrected chi connectivity index (χ4v) is 1.83. The zero-order valence-corrected chi connectivity index (χ0v) is 11.4. The van der Waals surface area contributed by atoms with Gasteiger partial charge in [0.25, 0.3) is 0 Å². The van der Waals surface area contributed by atoms with Crippen molar-refractivity contribution < 1.29 is 9.84 Å². The number of rotatable bonds is 6. The van der Waals surface area contributed by atoms with Crippen molar-refractivity contribution in [3.8, 4) is 0 Å². The molecule has 17 heavy (non-hydrogen) atoms. The van der Waals surface area contributed by atoms with Gasteiger partial charge in [-0.15, -0.1) is 0 Å². The van der Waals surface area contributed by atoms with Crippen molar-refractivity contribution in [2.45, 2.75) is 45.6 Å². The maximum absolute atomic E-state index is 10.2. The lowest BCUT2D eigenvalue weighted by molar-refractivity contribution is -0.0296. The predicted octanol–water partition coefficient (Wildman–Crippen LogP) is 3.14. The molecule has 0 aromatic heterocycles. The molecule has 0 aliphatic carbocycles. The number of aliphatic hydroxyl groups is 1. The Kier molecular flexibility index (Phi) is 5.16. The van der Waals surface area contributed by atoms with Gasteiger partial charge in [0.1, 0.15) is 0 Å². The van der Waals surface area contributed by atoms with E-state index in [1.807, 2.05) is 13.8 Å². The van der Waals surface area contributed by atoms with Crippen LogP contribution in [0.3, 0.4) is 0 Å². The maximum Gasteiger partial charge on any atom is 0.0892 e. The fourth-order valence-electron chi connectivity index (χ4n) is 1.83. The van der Waals surface area contributed by atoms with Crippen LogP contribution in [0, 0.1) is 0 Å². The van der Waals surface area contributed by atoms with Crippen molar-refractivity contribution in [3.63, 3.8) is 0 Å². The highest BCUT2D eigenvalue weighted by atomic mass is 16.5. The van der Waals surface area contributed by atoms with E-state index in [2.05, 4.69) is 38.1 Å². The zero-order chi connectivity index (χ0) is 12.9. The fraction of sp³-hybridized carbons (Fsp3) is 0.600. The molecule has 0 heterocycles. The third-order valence-corrected chi connectivity index (χ3v) is 2.85. The van der Waals surface area contributed by atoms with Gasteiger partial charge in [0.2, 0.25) is 0 Å². The van der Waals surface area contributed by atoms with Crippen LogP contribution in [0.1, 0.15) is 44.7 Å². The highest BCUT2D eigenvalue weighted by Gasteiger charge is 2.20. The van der Waals surface area contributed by atoms with Crippen LogP contribution in [0.2, 0.25) is 0 Å². The van der Waals surface area contributed by atoms with Gasteiger partial charge in [0.05, 0.1) is 12.2 Å². The molecule has 0 fully saturated rings. The van der Waals surface area contributed by atoms with Crippen LogP contribution in [0.15, 0.2) is 24.3 Å². The number of ether oxygens (including phenoxy) is 1. The summed E-state index contributed by atoms with van der Waals surface area (Å²) >= 11 is 0. The number of hydrogen-bond donors (Lipinski definition) is 1. The standard InChI is InChI=1S/C15H24O2/c1-5-17-11-15(4,16)10-13-6-8-14(9-7-13)12(2)3/h6-9,12,16H,5,10-11H2,1-4H3. The van der Waals surface area contributed by atoms with Crippen LogP contribution in [-0.2, 0) is 11.2 Å². The molecule has 1 N–H and O–H groups in total. The first-order valence-electron chi connectivity index (χ1n) is 6.33. The molecule has 1 unspecified atom stereocenters. The van der Waals surface area contributed by atoms with E-state index in [1.165, 1.54) is 5.56 Å². The van der Waals surface area contributed by atoms with Crippen molar-refractivity contribution in [1.82, 2.24) is 0 Å². The maximum atomic E-state index is 10.2. The molecule has 0 radical (unpaired) electrons. The molecule has 96 valence electrons. The summed E-state index contributed by atoms with van der Waals surface area (Å²) in [7, 11) is 0. The van der Waals surface area contributed by atoms with Crippen molar-refractivity contribution >= 4 is 0 Å². The Labute approximate surface area is 105 Å². The van der Waals surface area contributed by atoms with Gasteiger partial charge in [0.15, 0.2) is 0 Å². The minimum atomic E-state index is -0.782. The van der Waals surface area contributed by atoms with Crippen LogP contribution >= 0.6 is 0 Å². The topological polar surface area (TPSA) is 29.5 Å². The monoisotopic (exact) mass is 236 g/mol. The lowest BCUT2D eigenvalue weighted by Gasteiger charge is -2.23. The van der Waals surface area contributed by atoms with Crippen LogP contribution in [-0.4, -0.2) is 23.9 Å². The van der Waals surface area contributed by atoms with Crippen molar-refractivity contribution in [1.29, 1.82) is 0 Å². The molecule has 1 atom stereocenters. The summed E-state index contributed by atoms with van der Waals surface area (Å²) in [5, 5.41) is 10.2. The first-order valence-corrected chi connectivity index (χ1v) is 6.33. The summed E-state index contributed by atoms with van der Waals surface area (Å²) in [6.45, 7) is 9.14. The lowest BCUT2D eigenvalue weighted by atomic mass is 9.95. The van der Waals surface area contributed by atoms with Gasteiger partial charge in [-0.05, 0) is 30.9 Å². The molecular weight excluding hydrogens is 212 g/mol. The smallest absolute Gasteiger partial charge is 0.0892 e. The van der Waals surface area contributed by atoms with E-state index in [1.54, 1.807) is 0 Å². The summed E-state index contributed by atoms with van der Waals surface area (Å²) in [6.07, 6.45) is 0.630. The van der Waals surface area contributed by atoms with E-state index >= 15 is 0 Å². The highest BCUT2D eigenvalue weighted by Crippen LogP contribution is 2.18. The summed E-state index contributed by atoms with van der Waals surface area (Å²) in [5.41, 5.74) is 1.70. The second-order valence-electron chi connectivity index (χ2n) is 5.21. The van der Waals surface area contributed by atoms with Gasteiger partial charge in [-0.2, -0.15) is 0 Å². The van der Waals surface area contributed by atoms with E-state index in [0.29, 0.717) is 25.6 Å². The Morgan fingerprint density at radius 2 is 1.82 bits per heavy atom. The van der Waals surface area contributed by atoms with E-state index in [0.717, 1.165) is 5.56 Å². The Morgan fingerprint density at radius 1 is 1.24 bits per heavy atom. The van der Waals surface area contributed by atoms with E-state index < -0.39 is 5.60 Å². The zero-order valence-electron chi connectivity index (χ0n) is 11.4. The second-order valence-corrected chi connectivity index (χ2v) is 5.21. The summed E-state index contributed by atoms with van der Waals surface area (Å²) < 4.78 is 5.28. The van der Waals surface area contributed by atoms with E-state index in [9.17, 15) is 5.11 Å². The molecule has 0 aliphatic heterocycles. The van der Waals surface area contributed by atoms with Gasteiger partial charge in [-0.1, -0.05) is 38.1 Å². The van der Waals surface area contributed by atoms with Crippen LogP contribution in [0.4, 0.5) is 0 Å². The molecule has 1 rings (SSSR count). The minimum absolute atomic E-state index is 0.384. The average Bonchev–Trinajstić information content (AvgIpc) is 2.26. The van der Waals surface area contributed by atoms with E-state index in [4.69, 9.17) is 4.74 Å². The molecule has 1 aromatic carbocycles. The Bertz CT molecular complexity index is 325. The molecule has 2 nitrogen and oxygen atoms in total. The Hall–Kier alpha value is -0.860. The number of hydrogen-bond acceptors (Lipinski definition) is 2. The Balaban J connectivity index is 2.62. The van der Waals surface area contributed by atoms with Gasteiger partial charge < -0.3 is 9.84 Å². The predicted molar refractivity (Wildman–Crippen MR) is 71.4 cm³/mol.